The van der Waals surface area contributed by atoms with Crippen LogP contribution in [0.15, 0.2) is 185 Å². The van der Waals surface area contributed by atoms with Crippen LogP contribution in [-0.2, 0) is 6.54 Å². The minimum atomic E-state index is 0.461. The minimum Gasteiger partial charge on any atom is -0.309 e. The molecular formula is C46H32N4S. The van der Waals surface area contributed by atoms with E-state index in [1.54, 1.807) is 0 Å². The van der Waals surface area contributed by atoms with Crippen LogP contribution in [-0.4, -0.2) is 23.0 Å². The Hall–Kier alpha value is -6.43. The van der Waals surface area contributed by atoms with Gasteiger partial charge in [0.2, 0.25) is 0 Å². The Balaban J connectivity index is 1.15. The highest BCUT2D eigenvalue weighted by atomic mass is 32.1. The second-order valence-corrected chi connectivity index (χ2v) is 13.6. The van der Waals surface area contributed by atoms with Gasteiger partial charge >= 0.3 is 0 Å². The number of thiophene rings is 1. The molecule has 0 atom stereocenters. The first-order chi connectivity index (χ1) is 25.2. The van der Waals surface area contributed by atoms with Gasteiger partial charge in [-0.15, -0.1) is 11.3 Å². The number of aromatic nitrogens is 1. The quantitative estimate of drug-likeness (QED) is 0.125. The molecule has 7 aromatic carbocycles. The van der Waals surface area contributed by atoms with E-state index < -0.39 is 0 Å². The molecule has 0 amide bonds. The van der Waals surface area contributed by atoms with Crippen molar-refractivity contribution < 1.29 is 0 Å². The standard InChI is InChI=1S/C46H32N4S/c1-47-45(32-16-4-2-5-17-32)49-46(33-18-6-3-7-19-33)48-30-31-15-14-20-34(27-31)35-21-8-11-24-40(35)50-41-25-12-9-22-36(41)38-28-39-37-23-10-13-26-43(37)51-44(39)29-42(38)50/h2-29H,1,30H2. The first kappa shape index (κ1) is 30.6. The molecule has 0 aliphatic heterocycles. The molecule has 0 saturated carbocycles. The summed E-state index contributed by atoms with van der Waals surface area (Å²) in [4.78, 5) is 14.2. The van der Waals surface area contributed by atoms with E-state index in [1.165, 1.54) is 42.0 Å². The monoisotopic (exact) mass is 672 g/mol. The van der Waals surface area contributed by atoms with Crippen molar-refractivity contribution in [1.82, 2.24) is 4.57 Å². The van der Waals surface area contributed by atoms with E-state index in [9.17, 15) is 0 Å². The summed E-state index contributed by atoms with van der Waals surface area (Å²) in [5.41, 5.74) is 8.75. The Labute approximate surface area is 300 Å². The zero-order valence-electron chi connectivity index (χ0n) is 27.8. The summed E-state index contributed by atoms with van der Waals surface area (Å²) in [6.45, 7) is 4.26. The second kappa shape index (κ2) is 13.1. The maximum atomic E-state index is 5.05. The van der Waals surface area contributed by atoms with E-state index in [4.69, 9.17) is 9.98 Å². The number of aliphatic imine (C=N–C) groups is 3. The Bertz CT molecular complexity index is 2790. The van der Waals surface area contributed by atoms with Crippen LogP contribution in [0, 0.1) is 0 Å². The molecule has 9 rings (SSSR count). The average molecular weight is 673 g/mol. The Kier molecular flexibility index (Phi) is 7.88. The largest absolute Gasteiger partial charge is 0.309 e. The fourth-order valence-electron chi connectivity index (χ4n) is 7.02. The number of amidine groups is 2. The van der Waals surface area contributed by atoms with Crippen LogP contribution < -0.4 is 0 Å². The van der Waals surface area contributed by atoms with E-state index in [1.807, 2.05) is 72.0 Å². The molecule has 2 heterocycles. The summed E-state index contributed by atoms with van der Waals surface area (Å²) in [7, 11) is 0. The van der Waals surface area contributed by atoms with Gasteiger partial charge in [-0.3, -0.25) is 4.99 Å². The number of rotatable bonds is 6. The molecule has 0 aliphatic carbocycles. The van der Waals surface area contributed by atoms with E-state index in [-0.39, 0.29) is 0 Å². The Morgan fingerprint density at radius 3 is 2.02 bits per heavy atom. The molecule has 0 bridgehead atoms. The smallest absolute Gasteiger partial charge is 0.161 e. The van der Waals surface area contributed by atoms with Crippen molar-refractivity contribution in [3.05, 3.63) is 187 Å². The average Bonchev–Trinajstić information content (AvgIpc) is 3.72. The third-order valence-corrected chi connectivity index (χ3v) is 10.5. The van der Waals surface area contributed by atoms with E-state index >= 15 is 0 Å². The lowest BCUT2D eigenvalue weighted by Gasteiger charge is -2.15. The van der Waals surface area contributed by atoms with Crippen molar-refractivity contribution in [1.29, 1.82) is 0 Å². The van der Waals surface area contributed by atoms with Crippen molar-refractivity contribution in [2.24, 2.45) is 15.0 Å². The van der Waals surface area contributed by atoms with Crippen LogP contribution in [0.4, 0.5) is 0 Å². The van der Waals surface area contributed by atoms with Crippen molar-refractivity contribution >= 4 is 71.7 Å². The van der Waals surface area contributed by atoms with E-state index in [2.05, 4.69) is 125 Å². The predicted octanol–water partition coefficient (Wildman–Crippen LogP) is 11.9. The molecule has 0 fully saturated rings. The van der Waals surface area contributed by atoms with Crippen molar-refractivity contribution in [3.63, 3.8) is 0 Å². The van der Waals surface area contributed by atoms with Gasteiger partial charge in [-0.25, -0.2) is 9.98 Å². The van der Waals surface area contributed by atoms with Crippen LogP contribution in [0.1, 0.15) is 16.7 Å². The highest BCUT2D eigenvalue weighted by Gasteiger charge is 2.18. The normalized spacial score (nSPS) is 12.3. The Morgan fingerprint density at radius 1 is 0.529 bits per heavy atom. The molecule has 5 heteroatoms. The highest BCUT2D eigenvalue weighted by Crippen LogP contribution is 2.42. The minimum absolute atomic E-state index is 0.461. The van der Waals surface area contributed by atoms with Gasteiger partial charge < -0.3 is 4.57 Å². The van der Waals surface area contributed by atoms with Gasteiger partial charge in [0.05, 0.1) is 23.3 Å². The number of nitrogens with zero attached hydrogens (tertiary/aromatic N) is 4. The lowest BCUT2D eigenvalue weighted by Crippen LogP contribution is -2.05. The maximum Gasteiger partial charge on any atom is 0.161 e. The number of hydrogen-bond donors (Lipinski definition) is 0. The first-order valence-electron chi connectivity index (χ1n) is 17.0. The van der Waals surface area contributed by atoms with E-state index in [0.717, 1.165) is 33.5 Å². The molecule has 0 radical (unpaired) electrons. The predicted molar refractivity (Wildman–Crippen MR) is 218 cm³/mol. The molecule has 0 saturated heterocycles. The fraction of sp³-hybridized carbons (Fsp3) is 0.0217. The van der Waals surface area contributed by atoms with Gasteiger partial charge in [0.15, 0.2) is 11.7 Å². The molecular weight excluding hydrogens is 641 g/mol. The van der Waals surface area contributed by atoms with Crippen molar-refractivity contribution in [2.75, 3.05) is 0 Å². The number of para-hydroxylation sites is 2. The third-order valence-electron chi connectivity index (χ3n) is 9.39. The van der Waals surface area contributed by atoms with Crippen LogP contribution in [0.5, 0.6) is 0 Å². The van der Waals surface area contributed by atoms with Crippen LogP contribution in [0.25, 0.3) is 58.8 Å². The highest BCUT2D eigenvalue weighted by molar-refractivity contribution is 7.25. The van der Waals surface area contributed by atoms with Crippen molar-refractivity contribution in [3.8, 4) is 16.8 Å². The number of fused-ring (bicyclic) bond motifs is 6. The van der Waals surface area contributed by atoms with Gasteiger partial charge in [0.1, 0.15) is 0 Å². The second-order valence-electron chi connectivity index (χ2n) is 12.5. The fourth-order valence-corrected chi connectivity index (χ4v) is 8.14. The summed E-state index contributed by atoms with van der Waals surface area (Å²) < 4.78 is 5.04. The van der Waals surface area contributed by atoms with Gasteiger partial charge in [-0.2, -0.15) is 0 Å². The van der Waals surface area contributed by atoms with Crippen LogP contribution in [0.2, 0.25) is 0 Å². The first-order valence-corrected chi connectivity index (χ1v) is 17.8. The van der Waals surface area contributed by atoms with Gasteiger partial charge in [-0.05, 0) is 54.2 Å². The third kappa shape index (κ3) is 5.64. The number of benzene rings is 7. The number of hydrogen-bond acceptors (Lipinski definition) is 2. The lowest BCUT2D eigenvalue weighted by molar-refractivity contribution is 1.06. The summed E-state index contributed by atoms with van der Waals surface area (Å²) >= 11 is 1.86. The molecule has 4 nitrogen and oxygen atoms in total. The summed E-state index contributed by atoms with van der Waals surface area (Å²) in [5.74, 6) is 1.16. The van der Waals surface area contributed by atoms with E-state index in [0.29, 0.717) is 18.2 Å². The molecule has 2 aromatic heterocycles. The molecule has 0 aliphatic rings. The zero-order valence-corrected chi connectivity index (χ0v) is 28.6. The summed E-state index contributed by atoms with van der Waals surface area (Å²) in [6.07, 6.45) is 0. The summed E-state index contributed by atoms with van der Waals surface area (Å²) in [6, 6.07) is 59.6. The summed E-state index contributed by atoms with van der Waals surface area (Å²) in [5, 5.41) is 5.14. The molecule has 242 valence electrons. The zero-order chi connectivity index (χ0) is 34.1. The topological polar surface area (TPSA) is 42.0 Å². The van der Waals surface area contributed by atoms with Crippen LogP contribution >= 0.6 is 11.3 Å². The molecule has 0 N–H and O–H groups in total. The lowest BCUT2D eigenvalue weighted by atomic mass is 10.0. The van der Waals surface area contributed by atoms with Gasteiger partial charge in [0.25, 0.3) is 0 Å². The molecule has 9 aromatic rings. The molecule has 0 spiro atoms. The molecule has 51 heavy (non-hydrogen) atoms. The van der Waals surface area contributed by atoms with Gasteiger partial charge in [-0.1, -0.05) is 133 Å². The Morgan fingerprint density at radius 2 is 1.22 bits per heavy atom. The maximum absolute atomic E-state index is 5.05. The van der Waals surface area contributed by atoms with Crippen molar-refractivity contribution in [2.45, 2.75) is 6.54 Å². The van der Waals surface area contributed by atoms with Crippen LogP contribution in [0.3, 0.4) is 0 Å². The molecule has 0 unspecified atom stereocenters. The van der Waals surface area contributed by atoms with Gasteiger partial charge in [0, 0.05) is 47.6 Å². The SMILES string of the molecule is C=NC(=NC(=NCc1cccc(-c2ccccc2-n2c3ccccc3c3cc4c(cc32)sc2ccccc24)c1)c1ccccc1)c1ccccc1.